The van der Waals surface area contributed by atoms with Gasteiger partial charge < -0.3 is 5.11 Å². The quantitative estimate of drug-likeness (QED) is 0.856. The van der Waals surface area contributed by atoms with Gasteiger partial charge >= 0.3 is 5.97 Å². The smallest absolute Gasteiger partial charge is 0.308 e. The van der Waals surface area contributed by atoms with E-state index in [2.05, 4.69) is 32.6 Å². The number of carboxylic acids is 1. The molecule has 1 saturated heterocycles. The highest BCUT2D eigenvalue weighted by molar-refractivity contribution is 5.71. The van der Waals surface area contributed by atoms with Crippen LogP contribution in [0.3, 0.4) is 0 Å². The maximum atomic E-state index is 11.6. The van der Waals surface area contributed by atoms with E-state index in [1.165, 1.54) is 12.8 Å². The molecule has 116 valence electrons. The van der Waals surface area contributed by atoms with Crippen LogP contribution in [0.1, 0.15) is 66.2 Å². The van der Waals surface area contributed by atoms with Crippen molar-refractivity contribution >= 4 is 5.97 Å². The summed E-state index contributed by atoms with van der Waals surface area (Å²) in [7, 11) is 0. The molecule has 4 unspecified atom stereocenters. The SMILES string of the molecule is CCC1CCCN1C1CC(C(C)(C)C)CCC1C(=O)O. The van der Waals surface area contributed by atoms with Gasteiger partial charge in [0.2, 0.25) is 0 Å². The number of rotatable bonds is 3. The zero-order valence-electron chi connectivity index (χ0n) is 13.6. The van der Waals surface area contributed by atoms with E-state index in [0.29, 0.717) is 17.4 Å². The van der Waals surface area contributed by atoms with Crippen molar-refractivity contribution < 1.29 is 9.90 Å². The van der Waals surface area contributed by atoms with E-state index in [1.54, 1.807) is 0 Å². The molecule has 1 heterocycles. The van der Waals surface area contributed by atoms with Crippen LogP contribution in [0.5, 0.6) is 0 Å². The standard InChI is InChI=1S/C17H31NO2/c1-5-13-7-6-10-18(13)15-11-12(17(2,3)4)8-9-14(15)16(19)20/h12-15H,5-11H2,1-4H3,(H,19,20). The van der Waals surface area contributed by atoms with Crippen LogP contribution in [0.15, 0.2) is 0 Å². The first-order valence-corrected chi connectivity index (χ1v) is 8.33. The summed E-state index contributed by atoms with van der Waals surface area (Å²) < 4.78 is 0. The monoisotopic (exact) mass is 281 g/mol. The van der Waals surface area contributed by atoms with Crippen LogP contribution in [0, 0.1) is 17.3 Å². The van der Waals surface area contributed by atoms with Crippen LogP contribution in [-0.4, -0.2) is 34.6 Å². The molecule has 2 fully saturated rings. The Hall–Kier alpha value is -0.570. The number of carboxylic acid groups (broad SMARTS) is 1. The zero-order chi connectivity index (χ0) is 14.9. The van der Waals surface area contributed by atoms with Crippen molar-refractivity contribution in [2.24, 2.45) is 17.3 Å². The second kappa shape index (κ2) is 6.05. The summed E-state index contributed by atoms with van der Waals surface area (Å²) in [5, 5.41) is 9.59. The summed E-state index contributed by atoms with van der Waals surface area (Å²) in [5.74, 6) is -0.0777. The predicted octanol–water partition coefficient (Wildman–Crippen LogP) is 3.78. The number of aliphatic carboxylic acids is 1. The molecule has 1 aliphatic heterocycles. The van der Waals surface area contributed by atoms with E-state index in [1.807, 2.05) is 0 Å². The maximum Gasteiger partial charge on any atom is 0.308 e. The molecule has 0 radical (unpaired) electrons. The highest BCUT2D eigenvalue weighted by Crippen LogP contribution is 2.43. The predicted molar refractivity (Wildman–Crippen MR) is 81.7 cm³/mol. The van der Waals surface area contributed by atoms with Gasteiger partial charge in [0.1, 0.15) is 0 Å². The largest absolute Gasteiger partial charge is 0.481 e. The van der Waals surface area contributed by atoms with Gasteiger partial charge in [0, 0.05) is 12.1 Å². The molecule has 1 aliphatic carbocycles. The van der Waals surface area contributed by atoms with Crippen LogP contribution in [-0.2, 0) is 4.79 Å². The van der Waals surface area contributed by atoms with E-state index < -0.39 is 5.97 Å². The molecule has 20 heavy (non-hydrogen) atoms. The molecule has 0 aromatic heterocycles. The maximum absolute atomic E-state index is 11.6. The average molecular weight is 281 g/mol. The molecule has 2 aliphatic rings. The number of nitrogens with zero attached hydrogens (tertiary/aromatic N) is 1. The van der Waals surface area contributed by atoms with Gasteiger partial charge in [-0.3, -0.25) is 9.69 Å². The lowest BCUT2D eigenvalue weighted by molar-refractivity contribution is -0.147. The first-order chi connectivity index (χ1) is 9.34. The van der Waals surface area contributed by atoms with E-state index in [9.17, 15) is 9.90 Å². The number of hydrogen-bond donors (Lipinski definition) is 1. The summed E-state index contributed by atoms with van der Waals surface area (Å²) in [6.45, 7) is 10.2. The molecule has 3 nitrogen and oxygen atoms in total. The third-order valence-electron chi connectivity index (χ3n) is 5.68. The molecular formula is C17H31NO2. The van der Waals surface area contributed by atoms with E-state index >= 15 is 0 Å². The Bertz CT molecular complexity index is 347. The Labute approximate surface area is 123 Å². The van der Waals surface area contributed by atoms with Gasteiger partial charge in [-0.05, 0) is 56.4 Å². The number of likely N-dealkylation sites (tertiary alicyclic amines) is 1. The molecule has 0 aromatic carbocycles. The summed E-state index contributed by atoms with van der Waals surface area (Å²) in [6, 6.07) is 0.874. The van der Waals surface area contributed by atoms with Crippen molar-refractivity contribution in [1.29, 1.82) is 0 Å². The second-order valence-corrected chi connectivity index (χ2v) is 7.83. The molecule has 0 amide bonds. The molecule has 1 N–H and O–H groups in total. The summed E-state index contributed by atoms with van der Waals surface area (Å²) in [4.78, 5) is 14.2. The first-order valence-electron chi connectivity index (χ1n) is 8.33. The van der Waals surface area contributed by atoms with Crippen molar-refractivity contribution in [2.45, 2.75) is 78.3 Å². The van der Waals surface area contributed by atoms with Crippen LogP contribution in [0.4, 0.5) is 0 Å². The van der Waals surface area contributed by atoms with Gasteiger partial charge in [0.25, 0.3) is 0 Å². The molecule has 4 atom stereocenters. The molecule has 2 rings (SSSR count). The Kier molecular flexibility index (Phi) is 4.78. The molecule has 0 bridgehead atoms. The lowest BCUT2D eigenvalue weighted by Gasteiger charge is -2.45. The van der Waals surface area contributed by atoms with Gasteiger partial charge in [-0.1, -0.05) is 27.7 Å². The first kappa shape index (κ1) is 15.8. The summed E-state index contributed by atoms with van der Waals surface area (Å²) in [5.41, 5.74) is 0.295. The van der Waals surface area contributed by atoms with Gasteiger partial charge in [-0.2, -0.15) is 0 Å². The van der Waals surface area contributed by atoms with Gasteiger partial charge in [-0.25, -0.2) is 0 Å². The Balaban J connectivity index is 2.17. The van der Waals surface area contributed by atoms with E-state index in [4.69, 9.17) is 0 Å². The Morgan fingerprint density at radius 1 is 1.25 bits per heavy atom. The number of carbonyl (C=O) groups is 1. The fourth-order valence-corrected chi connectivity index (χ4v) is 4.32. The summed E-state index contributed by atoms with van der Waals surface area (Å²) in [6.07, 6.45) is 6.64. The molecular weight excluding hydrogens is 250 g/mol. The third-order valence-corrected chi connectivity index (χ3v) is 5.68. The minimum Gasteiger partial charge on any atom is -0.481 e. The van der Waals surface area contributed by atoms with Crippen molar-refractivity contribution in [2.75, 3.05) is 6.54 Å². The molecule has 3 heteroatoms. The Morgan fingerprint density at radius 3 is 2.50 bits per heavy atom. The van der Waals surface area contributed by atoms with Crippen molar-refractivity contribution in [3.05, 3.63) is 0 Å². The fraction of sp³-hybridized carbons (Fsp3) is 0.941. The normalized spacial score (nSPS) is 36.2. The molecule has 1 saturated carbocycles. The van der Waals surface area contributed by atoms with Crippen LogP contribution in [0.25, 0.3) is 0 Å². The zero-order valence-corrected chi connectivity index (χ0v) is 13.6. The fourth-order valence-electron chi connectivity index (χ4n) is 4.32. The van der Waals surface area contributed by atoms with E-state index in [-0.39, 0.29) is 12.0 Å². The van der Waals surface area contributed by atoms with Gasteiger partial charge in [-0.15, -0.1) is 0 Å². The minimum absolute atomic E-state index is 0.152. The van der Waals surface area contributed by atoms with Gasteiger partial charge in [0.05, 0.1) is 5.92 Å². The average Bonchev–Trinajstić information content (AvgIpc) is 2.84. The van der Waals surface area contributed by atoms with Crippen LogP contribution >= 0.6 is 0 Å². The van der Waals surface area contributed by atoms with Gasteiger partial charge in [0.15, 0.2) is 0 Å². The summed E-state index contributed by atoms with van der Waals surface area (Å²) >= 11 is 0. The minimum atomic E-state index is -0.580. The topological polar surface area (TPSA) is 40.5 Å². The molecule has 0 spiro atoms. The lowest BCUT2D eigenvalue weighted by atomic mass is 9.67. The molecule has 0 aromatic rings. The van der Waals surface area contributed by atoms with Crippen LogP contribution in [0.2, 0.25) is 0 Å². The number of hydrogen-bond acceptors (Lipinski definition) is 2. The second-order valence-electron chi connectivity index (χ2n) is 7.83. The van der Waals surface area contributed by atoms with Crippen molar-refractivity contribution in [1.82, 2.24) is 4.90 Å². The Morgan fingerprint density at radius 2 is 1.95 bits per heavy atom. The van der Waals surface area contributed by atoms with Crippen molar-refractivity contribution in [3.8, 4) is 0 Å². The lowest BCUT2D eigenvalue weighted by Crippen LogP contribution is -2.50. The highest BCUT2D eigenvalue weighted by Gasteiger charge is 2.43. The third kappa shape index (κ3) is 3.19. The van der Waals surface area contributed by atoms with Crippen LogP contribution < -0.4 is 0 Å². The van der Waals surface area contributed by atoms with Crippen molar-refractivity contribution in [3.63, 3.8) is 0 Å². The highest BCUT2D eigenvalue weighted by atomic mass is 16.4. The van der Waals surface area contributed by atoms with E-state index in [0.717, 1.165) is 32.2 Å².